The first kappa shape index (κ1) is 11.8. The predicted octanol–water partition coefficient (Wildman–Crippen LogP) is 3.74. The van der Waals surface area contributed by atoms with Crippen LogP contribution in [0, 0.1) is 18.6 Å². The lowest BCUT2D eigenvalue weighted by Crippen LogP contribution is -1.95. The summed E-state index contributed by atoms with van der Waals surface area (Å²) in [6.45, 7) is 2.00. The van der Waals surface area contributed by atoms with E-state index in [4.69, 9.17) is 0 Å². The van der Waals surface area contributed by atoms with E-state index in [1.165, 1.54) is 12.1 Å². The Labute approximate surface area is 109 Å². The van der Waals surface area contributed by atoms with Gasteiger partial charge in [0.2, 0.25) is 0 Å². The van der Waals surface area contributed by atoms with Gasteiger partial charge in [-0.3, -0.25) is 0 Å². The highest BCUT2D eigenvalue weighted by Crippen LogP contribution is 2.17. The number of fused-ring (bicyclic) bond motifs is 1. The van der Waals surface area contributed by atoms with Crippen molar-refractivity contribution >= 4 is 11.0 Å². The maximum Gasteiger partial charge on any atom is 0.129 e. The van der Waals surface area contributed by atoms with Crippen LogP contribution in [0.2, 0.25) is 0 Å². The molecule has 0 aliphatic heterocycles. The van der Waals surface area contributed by atoms with Gasteiger partial charge in [0.1, 0.15) is 17.5 Å². The number of aromatic nitrogens is 2. The first-order valence-corrected chi connectivity index (χ1v) is 6.01. The fourth-order valence-electron chi connectivity index (χ4n) is 2.11. The highest BCUT2D eigenvalue weighted by Gasteiger charge is 2.08. The van der Waals surface area contributed by atoms with Gasteiger partial charge in [-0.05, 0) is 36.2 Å². The van der Waals surface area contributed by atoms with Crippen molar-refractivity contribution in [3.8, 4) is 0 Å². The van der Waals surface area contributed by atoms with Crippen molar-refractivity contribution in [2.45, 2.75) is 13.3 Å². The number of aryl methyl sites for hydroxylation is 1. The molecule has 0 amide bonds. The lowest BCUT2D eigenvalue weighted by atomic mass is 10.1. The molecule has 0 atom stereocenters. The van der Waals surface area contributed by atoms with E-state index < -0.39 is 11.6 Å². The molecule has 1 N–H and O–H groups in total. The SMILES string of the molecule is Cc1ccc2nc(Cc3ccc(F)cc3F)[nH]c2c1. The molecule has 0 fully saturated rings. The zero-order chi connectivity index (χ0) is 13.4. The number of rotatable bonds is 2. The Hall–Kier alpha value is -2.23. The number of nitrogens with zero attached hydrogens (tertiary/aromatic N) is 1. The van der Waals surface area contributed by atoms with Gasteiger partial charge in [-0.1, -0.05) is 12.1 Å². The van der Waals surface area contributed by atoms with Crippen LogP contribution in [0.5, 0.6) is 0 Å². The Morgan fingerprint density at radius 1 is 1.11 bits per heavy atom. The maximum absolute atomic E-state index is 13.6. The Bertz CT molecular complexity index is 747. The molecule has 0 spiro atoms. The molecule has 0 unspecified atom stereocenters. The number of imidazole rings is 1. The van der Waals surface area contributed by atoms with Crippen molar-refractivity contribution < 1.29 is 8.78 Å². The highest BCUT2D eigenvalue weighted by molar-refractivity contribution is 5.75. The van der Waals surface area contributed by atoms with Gasteiger partial charge in [0.15, 0.2) is 0 Å². The van der Waals surface area contributed by atoms with Gasteiger partial charge in [0, 0.05) is 12.5 Å². The molecule has 1 aromatic heterocycles. The summed E-state index contributed by atoms with van der Waals surface area (Å²) in [5, 5.41) is 0. The van der Waals surface area contributed by atoms with Crippen LogP contribution < -0.4 is 0 Å². The summed E-state index contributed by atoms with van der Waals surface area (Å²) in [7, 11) is 0. The molecule has 2 nitrogen and oxygen atoms in total. The van der Waals surface area contributed by atoms with Crippen molar-refractivity contribution in [2.75, 3.05) is 0 Å². The Balaban J connectivity index is 1.96. The van der Waals surface area contributed by atoms with E-state index in [0.29, 0.717) is 17.8 Å². The van der Waals surface area contributed by atoms with Crippen molar-refractivity contribution in [2.24, 2.45) is 0 Å². The molecule has 0 aliphatic rings. The van der Waals surface area contributed by atoms with E-state index in [2.05, 4.69) is 9.97 Å². The van der Waals surface area contributed by atoms with Crippen LogP contribution in [0.1, 0.15) is 17.0 Å². The van der Waals surface area contributed by atoms with E-state index >= 15 is 0 Å². The van der Waals surface area contributed by atoms with Crippen molar-refractivity contribution in [1.29, 1.82) is 0 Å². The van der Waals surface area contributed by atoms with Crippen LogP contribution in [0.4, 0.5) is 8.78 Å². The fourth-order valence-corrected chi connectivity index (χ4v) is 2.11. The average molecular weight is 258 g/mol. The molecule has 0 saturated carbocycles. The van der Waals surface area contributed by atoms with E-state index in [1.54, 1.807) is 0 Å². The van der Waals surface area contributed by atoms with Crippen LogP contribution in [-0.2, 0) is 6.42 Å². The number of aromatic amines is 1. The minimum atomic E-state index is -0.568. The lowest BCUT2D eigenvalue weighted by Gasteiger charge is -2.00. The van der Waals surface area contributed by atoms with Gasteiger partial charge in [-0.15, -0.1) is 0 Å². The maximum atomic E-state index is 13.6. The van der Waals surface area contributed by atoms with Crippen molar-refractivity contribution in [1.82, 2.24) is 9.97 Å². The number of hydrogen-bond acceptors (Lipinski definition) is 1. The first-order chi connectivity index (χ1) is 9.11. The third-order valence-electron chi connectivity index (χ3n) is 3.06. The topological polar surface area (TPSA) is 28.7 Å². The quantitative estimate of drug-likeness (QED) is 0.745. The standard InChI is InChI=1S/C15H12F2N2/c1-9-2-5-13-14(6-9)19-15(18-13)7-10-3-4-11(16)8-12(10)17/h2-6,8H,7H2,1H3,(H,18,19). The van der Waals surface area contributed by atoms with Crippen LogP contribution in [0.3, 0.4) is 0 Å². The van der Waals surface area contributed by atoms with Gasteiger partial charge >= 0.3 is 0 Å². The smallest absolute Gasteiger partial charge is 0.129 e. The Kier molecular flexibility index (Phi) is 2.78. The zero-order valence-corrected chi connectivity index (χ0v) is 10.4. The minimum absolute atomic E-state index is 0.319. The number of halogens is 2. The van der Waals surface area contributed by atoms with Crippen LogP contribution >= 0.6 is 0 Å². The second-order valence-corrected chi connectivity index (χ2v) is 4.62. The Morgan fingerprint density at radius 2 is 1.95 bits per heavy atom. The number of benzene rings is 2. The molecule has 4 heteroatoms. The van der Waals surface area contributed by atoms with Crippen molar-refractivity contribution in [3.05, 3.63) is 65.0 Å². The molecular weight excluding hydrogens is 246 g/mol. The first-order valence-electron chi connectivity index (χ1n) is 6.01. The summed E-state index contributed by atoms with van der Waals surface area (Å²) in [5.41, 5.74) is 3.34. The van der Waals surface area contributed by atoms with E-state index in [0.717, 1.165) is 22.7 Å². The normalized spacial score (nSPS) is 11.1. The molecule has 2 aromatic carbocycles. The van der Waals surface area contributed by atoms with E-state index in [-0.39, 0.29) is 0 Å². The average Bonchev–Trinajstić information content (AvgIpc) is 2.74. The van der Waals surface area contributed by atoms with E-state index in [1.807, 2.05) is 25.1 Å². The molecule has 0 aliphatic carbocycles. The summed E-state index contributed by atoms with van der Waals surface area (Å²) >= 11 is 0. The molecule has 3 aromatic rings. The van der Waals surface area contributed by atoms with Gasteiger partial charge < -0.3 is 4.98 Å². The number of hydrogen-bond donors (Lipinski definition) is 1. The highest BCUT2D eigenvalue weighted by atomic mass is 19.1. The summed E-state index contributed by atoms with van der Waals surface area (Å²) in [6.07, 6.45) is 0.319. The van der Waals surface area contributed by atoms with Crippen LogP contribution in [0.25, 0.3) is 11.0 Å². The molecule has 3 rings (SSSR count). The zero-order valence-electron chi connectivity index (χ0n) is 10.4. The summed E-state index contributed by atoms with van der Waals surface area (Å²) in [4.78, 5) is 7.55. The molecule has 0 bridgehead atoms. The van der Waals surface area contributed by atoms with Gasteiger partial charge in [-0.2, -0.15) is 0 Å². The van der Waals surface area contributed by atoms with Crippen LogP contribution in [0.15, 0.2) is 36.4 Å². The monoisotopic (exact) mass is 258 g/mol. The largest absolute Gasteiger partial charge is 0.342 e. The number of nitrogens with one attached hydrogen (secondary N) is 1. The molecule has 96 valence electrons. The third-order valence-corrected chi connectivity index (χ3v) is 3.06. The van der Waals surface area contributed by atoms with Gasteiger partial charge in [0.05, 0.1) is 11.0 Å². The second kappa shape index (κ2) is 4.46. The molecule has 0 radical (unpaired) electrons. The number of H-pyrrole nitrogens is 1. The van der Waals surface area contributed by atoms with E-state index in [9.17, 15) is 8.78 Å². The summed E-state index contributed by atoms with van der Waals surface area (Å²) in [5.74, 6) is -0.441. The lowest BCUT2D eigenvalue weighted by molar-refractivity contribution is 0.574. The minimum Gasteiger partial charge on any atom is -0.342 e. The summed E-state index contributed by atoms with van der Waals surface area (Å²) < 4.78 is 26.4. The second-order valence-electron chi connectivity index (χ2n) is 4.62. The summed E-state index contributed by atoms with van der Waals surface area (Å²) in [6, 6.07) is 9.49. The van der Waals surface area contributed by atoms with Crippen LogP contribution in [-0.4, -0.2) is 9.97 Å². The van der Waals surface area contributed by atoms with Gasteiger partial charge in [-0.25, -0.2) is 13.8 Å². The molecule has 1 heterocycles. The fraction of sp³-hybridized carbons (Fsp3) is 0.133. The Morgan fingerprint density at radius 3 is 2.74 bits per heavy atom. The van der Waals surface area contributed by atoms with Gasteiger partial charge in [0.25, 0.3) is 0 Å². The molecule has 0 saturated heterocycles. The van der Waals surface area contributed by atoms with Crippen molar-refractivity contribution in [3.63, 3.8) is 0 Å². The predicted molar refractivity (Wildman–Crippen MR) is 70.0 cm³/mol. The third kappa shape index (κ3) is 2.34. The molecular formula is C15H12F2N2. The molecule has 19 heavy (non-hydrogen) atoms.